The molecule has 0 radical (unpaired) electrons. The van der Waals surface area contributed by atoms with Crippen LogP contribution in [0.15, 0.2) is 6.07 Å². The summed E-state index contributed by atoms with van der Waals surface area (Å²) in [7, 11) is 3.23. The summed E-state index contributed by atoms with van der Waals surface area (Å²) in [5.74, 6) is 0.514. The maximum Gasteiger partial charge on any atom is 0.287 e. The van der Waals surface area contributed by atoms with Gasteiger partial charge in [0.15, 0.2) is 5.82 Å². The van der Waals surface area contributed by atoms with Gasteiger partial charge in [-0.2, -0.15) is 5.10 Å². The molecular formula is C8H10N6O2S. The average molecular weight is 254 g/mol. The Hall–Kier alpha value is -2.16. The van der Waals surface area contributed by atoms with E-state index in [0.29, 0.717) is 11.7 Å². The third-order valence-corrected chi connectivity index (χ3v) is 2.67. The lowest BCUT2D eigenvalue weighted by Gasteiger charge is -1.95. The first-order valence-corrected chi connectivity index (χ1v) is 5.40. The van der Waals surface area contributed by atoms with Gasteiger partial charge in [0.2, 0.25) is 16.0 Å². The van der Waals surface area contributed by atoms with Crippen LogP contribution in [0.25, 0.3) is 0 Å². The number of nitrogens with zero attached hydrogens (tertiary/aromatic N) is 4. The second-order valence-corrected chi connectivity index (χ2v) is 4.10. The Bertz CT molecular complexity index is 548. The quantitative estimate of drug-likeness (QED) is 0.805. The molecular weight excluding hydrogens is 244 g/mol. The number of methoxy groups -OCH3 is 1. The van der Waals surface area contributed by atoms with Crippen molar-refractivity contribution in [3.63, 3.8) is 0 Å². The smallest absolute Gasteiger partial charge is 0.287 e. The van der Waals surface area contributed by atoms with Crippen LogP contribution in [-0.2, 0) is 7.05 Å². The number of carbonyl (C=O) groups excluding carboxylic acids is 1. The number of nitrogens with one attached hydrogen (secondary N) is 1. The zero-order valence-electron chi connectivity index (χ0n) is 9.17. The van der Waals surface area contributed by atoms with Crippen molar-refractivity contribution in [2.45, 2.75) is 0 Å². The first-order valence-electron chi connectivity index (χ1n) is 4.58. The number of nitrogens with two attached hydrogens (primary N) is 1. The van der Waals surface area contributed by atoms with Gasteiger partial charge in [0.1, 0.15) is 0 Å². The maximum absolute atomic E-state index is 11.7. The SMILES string of the molecule is COc1cc(NC(=O)c2nnc(N)s2)nn1C. The fourth-order valence-corrected chi connectivity index (χ4v) is 1.70. The minimum absolute atomic E-state index is 0.187. The topological polar surface area (TPSA) is 108 Å². The number of anilines is 2. The van der Waals surface area contributed by atoms with E-state index in [9.17, 15) is 4.79 Å². The minimum atomic E-state index is -0.403. The van der Waals surface area contributed by atoms with Crippen molar-refractivity contribution in [2.24, 2.45) is 7.05 Å². The standard InChI is InChI=1S/C8H10N6O2S/c1-14-5(16-2)3-4(13-14)10-6(15)7-11-12-8(9)17-7/h3H,1-2H3,(H2,9,12)(H,10,13,15). The molecule has 0 bridgehead atoms. The summed E-state index contributed by atoms with van der Waals surface area (Å²) in [5, 5.41) is 14.2. The second kappa shape index (κ2) is 4.37. The number of rotatable bonds is 3. The normalized spacial score (nSPS) is 10.2. The number of amides is 1. The Balaban J connectivity index is 2.12. The van der Waals surface area contributed by atoms with Crippen molar-refractivity contribution in [2.75, 3.05) is 18.2 Å². The molecule has 17 heavy (non-hydrogen) atoms. The molecule has 0 unspecified atom stereocenters. The van der Waals surface area contributed by atoms with Crippen LogP contribution < -0.4 is 15.8 Å². The molecule has 2 heterocycles. The fraction of sp³-hybridized carbons (Fsp3) is 0.250. The lowest BCUT2D eigenvalue weighted by Crippen LogP contribution is -2.12. The number of aryl methyl sites for hydroxylation is 1. The van der Waals surface area contributed by atoms with Gasteiger partial charge in [-0.1, -0.05) is 11.3 Å². The highest BCUT2D eigenvalue weighted by atomic mass is 32.1. The van der Waals surface area contributed by atoms with Gasteiger partial charge in [0.05, 0.1) is 7.11 Å². The molecule has 0 atom stereocenters. The maximum atomic E-state index is 11.7. The number of hydrogen-bond donors (Lipinski definition) is 2. The average Bonchev–Trinajstić information content (AvgIpc) is 2.85. The van der Waals surface area contributed by atoms with E-state index in [1.165, 1.54) is 11.8 Å². The molecule has 0 aliphatic rings. The lowest BCUT2D eigenvalue weighted by atomic mass is 10.5. The molecule has 3 N–H and O–H groups in total. The highest BCUT2D eigenvalue weighted by Crippen LogP contribution is 2.17. The van der Waals surface area contributed by atoms with E-state index in [0.717, 1.165) is 11.3 Å². The summed E-state index contributed by atoms with van der Waals surface area (Å²) in [5.41, 5.74) is 5.38. The molecule has 1 amide bonds. The Morgan fingerprint density at radius 1 is 1.59 bits per heavy atom. The zero-order chi connectivity index (χ0) is 12.4. The minimum Gasteiger partial charge on any atom is -0.481 e. The van der Waals surface area contributed by atoms with Crippen LogP contribution in [0.3, 0.4) is 0 Å². The van der Waals surface area contributed by atoms with E-state index in [1.54, 1.807) is 13.1 Å². The number of hydrogen-bond acceptors (Lipinski definition) is 7. The predicted molar refractivity (Wildman–Crippen MR) is 62.0 cm³/mol. The van der Waals surface area contributed by atoms with Crippen molar-refractivity contribution >= 4 is 28.2 Å². The van der Waals surface area contributed by atoms with Crippen molar-refractivity contribution in [1.82, 2.24) is 20.0 Å². The van der Waals surface area contributed by atoms with E-state index >= 15 is 0 Å². The Morgan fingerprint density at radius 3 is 2.88 bits per heavy atom. The van der Waals surface area contributed by atoms with E-state index in [2.05, 4.69) is 20.6 Å². The molecule has 8 nitrogen and oxygen atoms in total. The van der Waals surface area contributed by atoms with Crippen molar-refractivity contribution < 1.29 is 9.53 Å². The van der Waals surface area contributed by atoms with Gasteiger partial charge in [0.25, 0.3) is 5.91 Å². The van der Waals surface area contributed by atoms with E-state index in [1.807, 2.05) is 0 Å². The van der Waals surface area contributed by atoms with Gasteiger partial charge in [-0.05, 0) is 0 Å². The van der Waals surface area contributed by atoms with E-state index < -0.39 is 5.91 Å². The second-order valence-electron chi connectivity index (χ2n) is 3.10. The van der Waals surface area contributed by atoms with Gasteiger partial charge in [-0.3, -0.25) is 4.79 Å². The van der Waals surface area contributed by atoms with Crippen LogP contribution in [0.2, 0.25) is 0 Å². The molecule has 90 valence electrons. The van der Waals surface area contributed by atoms with Crippen molar-refractivity contribution in [1.29, 1.82) is 0 Å². The molecule has 0 aromatic carbocycles. The van der Waals surface area contributed by atoms with Crippen LogP contribution in [0.1, 0.15) is 9.80 Å². The monoisotopic (exact) mass is 254 g/mol. The van der Waals surface area contributed by atoms with Crippen LogP contribution in [-0.4, -0.2) is 33.0 Å². The predicted octanol–water partition coefficient (Wildman–Crippen LogP) is 0.115. The zero-order valence-corrected chi connectivity index (χ0v) is 9.98. The summed E-state index contributed by atoms with van der Waals surface area (Å²) < 4.78 is 6.52. The molecule has 0 spiro atoms. The largest absolute Gasteiger partial charge is 0.481 e. The number of nitrogen functional groups attached to an aromatic ring is 1. The van der Waals surface area contributed by atoms with E-state index in [4.69, 9.17) is 10.5 Å². The van der Waals surface area contributed by atoms with Crippen LogP contribution in [0, 0.1) is 0 Å². The molecule has 0 aliphatic carbocycles. The Morgan fingerprint density at radius 2 is 2.35 bits per heavy atom. The van der Waals surface area contributed by atoms with E-state index in [-0.39, 0.29) is 10.1 Å². The third kappa shape index (κ3) is 2.33. The molecule has 0 saturated heterocycles. The van der Waals surface area contributed by atoms with Crippen molar-refractivity contribution in [3.05, 3.63) is 11.1 Å². The highest BCUT2D eigenvalue weighted by Gasteiger charge is 2.14. The summed E-state index contributed by atoms with van der Waals surface area (Å²) in [6.07, 6.45) is 0. The van der Waals surface area contributed by atoms with Gasteiger partial charge < -0.3 is 15.8 Å². The van der Waals surface area contributed by atoms with Gasteiger partial charge in [0, 0.05) is 13.1 Å². The van der Waals surface area contributed by atoms with Crippen molar-refractivity contribution in [3.8, 4) is 5.88 Å². The van der Waals surface area contributed by atoms with Crippen LogP contribution >= 0.6 is 11.3 Å². The third-order valence-electron chi connectivity index (χ3n) is 1.92. The molecule has 2 rings (SSSR count). The van der Waals surface area contributed by atoms with Crippen LogP contribution in [0.5, 0.6) is 5.88 Å². The van der Waals surface area contributed by atoms with Gasteiger partial charge >= 0.3 is 0 Å². The Kier molecular flexibility index (Phi) is 2.91. The summed E-state index contributed by atoms with van der Waals surface area (Å²) in [6.45, 7) is 0. The highest BCUT2D eigenvalue weighted by molar-refractivity contribution is 7.16. The number of ether oxygens (including phenoxy) is 1. The lowest BCUT2D eigenvalue weighted by molar-refractivity contribution is 0.102. The molecule has 0 saturated carbocycles. The number of carbonyl (C=O) groups is 1. The fourth-order valence-electron chi connectivity index (χ4n) is 1.20. The molecule has 0 fully saturated rings. The summed E-state index contributed by atoms with van der Waals surface area (Å²) in [4.78, 5) is 11.7. The van der Waals surface area contributed by atoms with Crippen LogP contribution in [0.4, 0.5) is 10.9 Å². The summed E-state index contributed by atoms with van der Waals surface area (Å²) in [6, 6.07) is 1.60. The van der Waals surface area contributed by atoms with Gasteiger partial charge in [-0.25, -0.2) is 4.68 Å². The molecule has 0 aliphatic heterocycles. The van der Waals surface area contributed by atoms with Gasteiger partial charge in [-0.15, -0.1) is 10.2 Å². The molecule has 9 heteroatoms. The molecule has 2 aromatic heterocycles. The molecule has 2 aromatic rings. The summed E-state index contributed by atoms with van der Waals surface area (Å²) >= 11 is 1.01. The number of aromatic nitrogens is 4. The first kappa shape index (κ1) is 11.3. The Labute approximate surface area is 100 Å². The first-order chi connectivity index (χ1) is 8.10.